The molecule has 2 atom stereocenters. The number of amides is 3. The van der Waals surface area contributed by atoms with Gasteiger partial charge in [-0.3, -0.25) is 9.69 Å². The topological polar surface area (TPSA) is 52.6 Å². The van der Waals surface area contributed by atoms with Gasteiger partial charge in [0.2, 0.25) is 5.91 Å². The van der Waals surface area contributed by atoms with E-state index < -0.39 is 0 Å². The first kappa shape index (κ1) is 18.7. The summed E-state index contributed by atoms with van der Waals surface area (Å²) in [5.74, 6) is 0.577. The lowest BCUT2D eigenvalue weighted by Gasteiger charge is -2.39. The van der Waals surface area contributed by atoms with Gasteiger partial charge in [-0.25, -0.2) is 4.79 Å². The van der Waals surface area contributed by atoms with Crippen molar-refractivity contribution in [3.05, 3.63) is 29.8 Å². The average molecular weight is 357 g/mol. The number of benzene rings is 1. The Kier molecular flexibility index (Phi) is 5.26. The molecular formula is C21H31N3O2. The fourth-order valence-electron chi connectivity index (χ4n) is 4.60. The molecule has 0 spiro atoms. The van der Waals surface area contributed by atoms with Crippen molar-refractivity contribution in [2.24, 2.45) is 11.3 Å². The first-order valence-corrected chi connectivity index (χ1v) is 9.66. The zero-order valence-corrected chi connectivity index (χ0v) is 16.4. The first-order chi connectivity index (χ1) is 12.2. The third-order valence-corrected chi connectivity index (χ3v) is 5.53. The molecule has 1 N–H and O–H groups in total. The van der Waals surface area contributed by atoms with E-state index in [0.717, 1.165) is 18.5 Å². The SMILES string of the molecule is Cc1ccc(N2CCN(CC(=O)N[C@H]3C[C@@H](C)CC(C)(C)C3)C2=O)cc1. The van der Waals surface area contributed by atoms with Crippen molar-refractivity contribution in [3.63, 3.8) is 0 Å². The van der Waals surface area contributed by atoms with E-state index in [1.165, 1.54) is 12.0 Å². The molecule has 5 heteroatoms. The van der Waals surface area contributed by atoms with Gasteiger partial charge < -0.3 is 10.2 Å². The van der Waals surface area contributed by atoms with Crippen LogP contribution in [-0.2, 0) is 4.79 Å². The molecule has 0 radical (unpaired) electrons. The molecule has 3 rings (SSSR count). The van der Waals surface area contributed by atoms with Crippen LogP contribution >= 0.6 is 0 Å². The van der Waals surface area contributed by atoms with Crippen LogP contribution in [0.2, 0.25) is 0 Å². The summed E-state index contributed by atoms with van der Waals surface area (Å²) in [5, 5.41) is 3.16. The number of anilines is 1. The van der Waals surface area contributed by atoms with Gasteiger partial charge >= 0.3 is 6.03 Å². The molecule has 2 fully saturated rings. The number of hydrogen-bond donors (Lipinski definition) is 1. The minimum atomic E-state index is -0.0821. The molecule has 1 aliphatic carbocycles. The molecule has 1 saturated heterocycles. The normalized spacial score (nSPS) is 25.5. The van der Waals surface area contributed by atoms with Crippen molar-refractivity contribution in [2.45, 2.75) is 53.0 Å². The Balaban J connectivity index is 1.55. The number of nitrogens with one attached hydrogen (secondary N) is 1. The molecule has 0 bridgehead atoms. The van der Waals surface area contributed by atoms with Gasteiger partial charge in [0.05, 0.1) is 0 Å². The van der Waals surface area contributed by atoms with E-state index in [-0.39, 0.29) is 29.9 Å². The van der Waals surface area contributed by atoms with Gasteiger partial charge in [-0.15, -0.1) is 0 Å². The maximum atomic E-state index is 12.6. The summed E-state index contributed by atoms with van der Waals surface area (Å²) in [6.07, 6.45) is 3.24. The number of urea groups is 1. The predicted molar refractivity (Wildman–Crippen MR) is 104 cm³/mol. The summed E-state index contributed by atoms with van der Waals surface area (Å²) in [6, 6.07) is 8.06. The van der Waals surface area contributed by atoms with Crippen LogP contribution in [0.5, 0.6) is 0 Å². The summed E-state index contributed by atoms with van der Waals surface area (Å²) in [5.41, 5.74) is 2.33. The highest BCUT2D eigenvalue weighted by Crippen LogP contribution is 2.38. The van der Waals surface area contributed by atoms with E-state index in [1.807, 2.05) is 31.2 Å². The van der Waals surface area contributed by atoms with Crippen LogP contribution in [0.15, 0.2) is 24.3 Å². The maximum Gasteiger partial charge on any atom is 0.325 e. The van der Waals surface area contributed by atoms with Gasteiger partial charge in [0, 0.05) is 24.8 Å². The van der Waals surface area contributed by atoms with Gasteiger partial charge in [-0.05, 0) is 49.7 Å². The van der Waals surface area contributed by atoms with Crippen LogP contribution in [0.25, 0.3) is 0 Å². The minimum absolute atomic E-state index is 0.0426. The van der Waals surface area contributed by atoms with Crippen molar-refractivity contribution in [1.82, 2.24) is 10.2 Å². The third kappa shape index (κ3) is 4.37. The van der Waals surface area contributed by atoms with E-state index >= 15 is 0 Å². The van der Waals surface area contributed by atoms with Crippen molar-refractivity contribution in [1.29, 1.82) is 0 Å². The molecule has 3 amide bonds. The molecule has 1 saturated carbocycles. The molecule has 1 aromatic carbocycles. The molecule has 1 aliphatic heterocycles. The number of aryl methyl sites for hydroxylation is 1. The Bertz CT molecular complexity index is 668. The lowest BCUT2D eigenvalue weighted by molar-refractivity contribution is -0.122. The largest absolute Gasteiger partial charge is 0.352 e. The molecular weight excluding hydrogens is 326 g/mol. The molecule has 1 heterocycles. The van der Waals surface area contributed by atoms with Crippen molar-refractivity contribution >= 4 is 17.6 Å². The standard InChI is InChI=1S/C21H31N3O2/c1-15-5-7-18(8-6-15)24-10-9-23(20(24)26)14-19(25)22-17-11-16(2)12-21(3,4)13-17/h5-8,16-17H,9-14H2,1-4H3,(H,22,25)/t16-,17+/m1/s1. The summed E-state index contributed by atoms with van der Waals surface area (Å²) in [6.45, 7) is 10.2. The van der Waals surface area contributed by atoms with Crippen LogP contribution in [0, 0.1) is 18.3 Å². The quantitative estimate of drug-likeness (QED) is 0.896. The Labute approximate surface area is 156 Å². The highest BCUT2D eigenvalue weighted by atomic mass is 16.2. The van der Waals surface area contributed by atoms with Gasteiger partial charge in [-0.1, -0.05) is 38.5 Å². The van der Waals surface area contributed by atoms with Gasteiger partial charge in [-0.2, -0.15) is 0 Å². The first-order valence-electron chi connectivity index (χ1n) is 9.66. The summed E-state index contributed by atoms with van der Waals surface area (Å²) in [4.78, 5) is 28.5. The van der Waals surface area contributed by atoms with E-state index in [0.29, 0.717) is 19.0 Å². The van der Waals surface area contributed by atoms with E-state index in [4.69, 9.17) is 0 Å². The number of carbonyl (C=O) groups is 2. The second-order valence-electron chi connectivity index (χ2n) is 8.87. The van der Waals surface area contributed by atoms with Crippen molar-refractivity contribution in [2.75, 3.05) is 24.5 Å². The molecule has 1 aromatic rings. The fourth-order valence-corrected chi connectivity index (χ4v) is 4.60. The maximum absolute atomic E-state index is 12.6. The summed E-state index contributed by atoms with van der Waals surface area (Å²) in [7, 11) is 0. The Hall–Kier alpha value is -2.04. The van der Waals surface area contributed by atoms with Gasteiger partial charge in [0.15, 0.2) is 0 Å². The van der Waals surface area contributed by atoms with E-state index in [1.54, 1.807) is 9.80 Å². The van der Waals surface area contributed by atoms with Gasteiger partial charge in [0.25, 0.3) is 0 Å². The van der Waals surface area contributed by atoms with Crippen LogP contribution in [0.3, 0.4) is 0 Å². The van der Waals surface area contributed by atoms with E-state index in [2.05, 4.69) is 26.1 Å². The highest BCUT2D eigenvalue weighted by Gasteiger charge is 2.34. The van der Waals surface area contributed by atoms with Crippen molar-refractivity contribution < 1.29 is 9.59 Å². The average Bonchev–Trinajstić information content (AvgIpc) is 2.87. The van der Waals surface area contributed by atoms with E-state index in [9.17, 15) is 9.59 Å². The Morgan fingerprint density at radius 3 is 2.54 bits per heavy atom. The zero-order chi connectivity index (χ0) is 18.9. The molecule has 26 heavy (non-hydrogen) atoms. The molecule has 0 unspecified atom stereocenters. The van der Waals surface area contributed by atoms with Crippen LogP contribution < -0.4 is 10.2 Å². The zero-order valence-electron chi connectivity index (χ0n) is 16.4. The third-order valence-electron chi connectivity index (χ3n) is 5.53. The lowest BCUT2D eigenvalue weighted by atomic mass is 9.70. The number of nitrogens with zero attached hydrogens (tertiary/aromatic N) is 2. The summed E-state index contributed by atoms with van der Waals surface area (Å²) >= 11 is 0. The van der Waals surface area contributed by atoms with Crippen LogP contribution in [0.4, 0.5) is 10.5 Å². The monoisotopic (exact) mass is 357 g/mol. The van der Waals surface area contributed by atoms with Crippen LogP contribution in [-0.4, -0.2) is 42.5 Å². The highest BCUT2D eigenvalue weighted by molar-refractivity contribution is 5.96. The molecule has 0 aromatic heterocycles. The molecule has 5 nitrogen and oxygen atoms in total. The summed E-state index contributed by atoms with van der Waals surface area (Å²) < 4.78 is 0. The minimum Gasteiger partial charge on any atom is -0.352 e. The van der Waals surface area contributed by atoms with Gasteiger partial charge in [0.1, 0.15) is 6.54 Å². The number of carbonyl (C=O) groups excluding carboxylic acids is 2. The smallest absolute Gasteiger partial charge is 0.325 e. The Morgan fingerprint density at radius 2 is 1.88 bits per heavy atom. The second-order valence-corrected chi connectivity index (χ2v) is 8.87. The van der Waals surface area contributed by atoms with Crippen molar-refractivity contribution in [3.8, 4) is 0 Å². The fraction of sp³-hybridized carbons (Fsp3) is 0.619. The molecule has 2 aliphatic rings. The second kappa shape index (κ2) is 7.29. The number of rotatable bonds is 4. The molecule has 142 valence electrons. The number of hydrogen-bond acceptors (Lipinski definition) is 2. The predicted octanol–water partition coefficient (Wildman–Crippen LogP) is 3.57. The lowest BCUT2D eigenvalue weighted by Crippen LogP contribution is -2.47. The van der Waals surface area contributed by atoms with Crippen LogP contribution in [0.1, 0.15) is 45.6 Å². The Morgan fingerprint density at radius 1 is 1.19 bits per heavy atom.